The second-order valence-electron chi connectivity index (χ2n) is 5.17. The van der Waals surface area contributed by atoms with Gasteiger partial charge < -0.3 is 4.84 Å². The second-order valence-corrected chi connectivity index (χ2v) is 5.17. The second kappa shape index (κ2) is 7.35. The van der Waals surface area contributed by atoms with Crippen LogP contribution in [-0.4, -0.2) is 34.0 Å². The molecule has 0 aliphatic carbocycles. The first-order chi connectivity index (χ1) is 12.1. The third-order valence-electron chi connectivity index (χ3n) is 3.37. The van der Waals surface area contributed by atoms with E-state index in [-0.39, 0.29) is 18.4 Å². The van der Waals surface area contributed by atoms with Crippen molar-refractivity contribution in [2.75, 3.05) is 5.43 Å². The van der Waals surface area contributed by atoms with Crippen LogP contribution < -0.4 is 5.43 Å². The van der Waals surface area contributed by atoms with Crippen molar-refractivity contribution in [3.63, 3.8) is 0 Å². The highest BCUT2D eigenvalue weighted by molar-refractivity contribution is 6.02. The number of pyridine rings is 1. The predicted molar refractivity (Wildman–Crippen MR) is 88.4 cm³/mol. The molecule has 1 aromatic carbocycles. The summed E-state index contributed by atoms with van der Waals surface area (Å²) in [5.74, 6) is -1.45. The summed E-state index contributed by atoms with van der Waals surface area (Å²) < 4.78 is 0. The van der Waals surface area contributed by atoms with E-state index in [1.807, 2.05) is 30.3 Å². The predicted octanol–water partition coefficient (Wildman–Crippen LogP) is 1.75. The van der Waals surface area contributed by atoms with E-state index in [0.717, 1.165) is 5.56 Å². The molecule has 3 rings (SSSR count). The molecule has 8 nitrogen and oxygen atoms in total. The largest absolute Gasteiger partial charge is 0.365 e. The summed E-state index contributed by atoms with van der Waals surface area (Å²) in [7, 11) is 0. The number of hydrogen-bond donors (Lipinski definition) is 1. The first-order valence-corrected chi connectivity index (χ1v) is 7.52. The molecular formula is C17H14N4O4. The Morgan fingerprint density at radius 2 is 1.84 bits per heavy atom. The average Bonchev–Trinajstić information content (AvgIpc) is 2.95. The summed E-state index contributed by atoms with van der Waals surface area (Å²) in [6.45, 7) is 0. The van der Waals surface area contributed by atoms with Gasteiger partial charge in [0.25, 0.3) is 11.8 Å². The summed E-state index contributed by atoms with van der Waals surface area (Å²) >= 11 is 0. The van der Waals surface area contributed by atoms with Crippen molar-refractivity contribution >= 4 is 29.8 Å². The van der Waals surface area contributed by atoms with Crippen LogP contribution in [0.3, 0.4) is 0 Å². The third-order valence-corrected chi connectivity index (χ3v) is 3.37. The lowest BCUT2D eigenvalue weighted by atomic mass is 10.2. The van der Waals surface area contributed by atoms with Crippen LogP contribution in [-0.2, 0) is 14.4 Å². The van der Waals surface area contributed by atoms with E-state index in [9.17, 15) is 14.4 Å². The van der Waals surface area contributed by atoms with E-state index < -0.39 is 17.8 Å². The monoisotopic (exact) mass is 338 g/mol. The number of rotatable bonds is 5. The van der Waals surface area contributed by atoms with Crippen molar-refractivity contribution in [3.05, 3.63) is 59.8 Å². The molecule has 0 saturated carbocycles. The van der Waals surface area contributed by atoms with E-state index in [2.05, 4.69) is 15.5 Å². The van der Waals surface area contributed by atoms with Gasteiger partial charge in [0, 0.05) is 19.0 Å². The van der Waals surface area contributed by atoms with Gasteiger partial charge in [0.15, 0.2) is 0 Å². The van der Waals surface area contributed by atoms with Crippen LogP contribution in [0.1, 0.15) is 28.8 Å². The maximum absolute atomic E-state index is 11.9. The molecule has 0 spiro atoms. The fraction of sp³-hybridized carbons (Fsp3) is 0.118. The van der Waals surface area contributed by atoms with Gasteiger partial charge in [-0.15, -0.1) is 5.06 Å². The molecule has 2 aromatic rings. The minimum Gasteiger partial charge on any atom is -0.325 e. The molecule has 126 valence electrons. The average molecular weight is 338 g/mol. The Morgan fingerprint density at radius 3 is 2.48 bits per heavy atom. The molecule has 25 heavy (non-hydrogen) atoms. The van der Waals surface area contributed by atoms with Gasteiger partial charge in [0.1, 0.15) is 5.82 Å². The highest BCUT2D eigenvalue weighted by Gasteiger charge is 2.33. The van der Waals surface area contributed by atoms with E-state index >= 15 is 0 Å². The van der Waals surface area contributed by atoms with Crippen LogP contribution >= 0.6 is 0 Å². The van der Waals surface area contributed by atoms with E-state index in [0.29, 0.717) is 10.9 Å². The number of nitrogens with one attached hydrogen (secondary N) is 1. The Morgan fingerprint density at radius 1 is 1.12 bits per heavy atom. The molecule has 1 aliphatic rings. The number of aromatic nitrogens is 1. The summed E-state index contributed by atoms with van der Waals surface area (Å²) in [4.78, 5) is 43.6. The lowest BCUT2D eigenvalue weighted by Crippen LogP contribution is -2.32. The number of hydrogen-bond acceptors (Lipinski definition) is 7. The first-order valence-electron chi connectivity index (χ1n) is 7.52. The van der Waals surface area contributed by atoms with Crippen LogP contribution in [0.25, 0.3) is 0 Å². The number of carbonyl (C=O) groups is 3. The zero-order valence-corrected chi connectivity index (χ0v) is 13.1. The van der Waals surface area contributed by atoms with Crippen molar-refractivity contribution in [2.45, 2.75) is 12.8 Å². The molecular weight excluding hydrogens is 324 g/mol. The Balaban J connectivity index is 1.58. The smallest absolute Gasteiger partial charge is 0.325 e. The number of carbonyl (C=O) groups excluding carboxylic acids is 3. The quantitative estimate of drug-likeness (QED) is 0.506. The van der Waals surface area contributed by atoms with Gasteiger partial charge in [-0.1, -0.05) is 30.3 Å². The molecule has 1 saturated heterocycles. The Bertz CT molecular complexity index is 802. The molecule has 0 atom stereocenters. The summed E-state index contributed by atoms with van der Waals surface area (Å²) in [5.41, 5.74) is 3.78. The zero-order valence-electron chi connectivity index (χ0n) is 13.1. The summed E-state index contributed by atoms with van der Waals surface area (Å²) in [6, 6.07) is 12.5. The van der Waals surface area contributed by atoms with Gasteiger partial charge in [-0.05, 0) is 17.7 Å². The number of nitrogens with zero attached hydrogens (tertiary/aromatic N) is 3. The normalized spacial score (nSPS) is 14.2. The van der Waals surface area contributed by atoms with Crippen molar-refractivity contribution in [2.24, 2.45) is 5.10 Å². The van der Waals surface area contributed by atoms with Crippen LogP contribution in [0.2, 0.25) is 0 Å². The zero-order chi connectivity index (χ0) is 17.6. The number of hydroxylamine groups is 2. The van der Waals surface area contributed by atoms with Gasteiger partial charge in [-0.25, -0.2) is 9.78 Å². The molecule has 2 heterocycles. The van der Waals surface area contributed by atoms with E-state index in [1.165, 1.54) is 18.3 Å². The van der Waals surface area contributed by atoms with Crippen LogP contribution in [0.15, 0.2) is 53.8 Å². The standard InChI is InChI=1S/C17H14N4O4/c22-15-8-9-16(23)21(15)25-17(24)13-6-7-14(18-11-13)20-19-10-12-4-2-1-3-5-12/h1-7,10-11H,8-9H2,(H,18,20). The summed E-state index contributed by atoms with van der Waals surface area (Å²) in [6.07, 6.45) is 3.00. The lowest BCUT2D eigenvalue weighted by Gasteiger charge is -2.12. The maximum atomic E-state index is 11.9. The highest BCUT2D eigenvalue weighted by atomic mass is 16.7. The van der Waals surface area contributed by atoms with Crippen LogP contribution in [0.5, 0.6) is 0 Å². The fourth-order valence-electron chi connectivity index (χ4n) is 2.09. The third kappa shape index (κ3) is 4.05. The van der Waals surface area contributed by atoms with E-state index in [4.69, 9.17) is 4.84 Å². The van der Waals surface area contributed by atoms with Gasteiger partial charge in [-0.2, -0.15) is 5.10 Å². The molecule has 0 radical (unpaired) electrons. The number of anilines is 1. The van der Waals surface area contributed by atoms with Crippen molar-refractivity contribution in [1.29, 1.82) is 0 Å². The number of amides is 2. The topological polar surface area (TPSA) is 101 Å². The Labute approximate surface area is 143 Å². The molecule has 1 N–H and O–H groups in total. The van der Waals surface area contributed by atoms with Gasteiger partial charge in [0.05, 0.1) is 11.8 Å². The summed E-state index contributed by atoms with van der Waals surface area (Å²) in [5, 5.41) is 4.54. The Kier molecular flexibility index (Phi) is 4.79. The minimum atomic E-state index is -0.824. The molecule has 1 fully saturated rings. The minimum absolute atomic E-state index is 0.0483. The van der Waals surface area contributed by atoms with Crippen molar-refractivity contribution < 1.29 is 19.2 Å². The van der Waals surface area contributed by atoms with Gasteiger partial charge >= 0.3 is 5.97 Å². The molecule has 8 heteroatoms. The number of benzene rings is 1. The molecule has 0 bridgehead atoms. The maximum Gasteiger partial charge on any atom is 0.365 e. The molecule has 2 amide bonds. The number of hydrazone groups is 1. The van der Waals surface area contributed by atoms with Gasteiger partial charge in [-0.3, -0.25) is 15.0 Å². The van der Waals surface area contributed by atoms with Crippen molar-refractivity contribution in [1.82, 2.24) is 10.0 Å². The lowest BCUT2D eigenvalue weighted by molar-refractivity contribution is -0.172. The Hall–Kier alpha value is -3.55. The SMILES string of the molecule is O=C(ON1C(=O)CCC1=O)c1ccc(NN=Cc2ccccc2)nc1. The first kappa shape index (κ1) is 16.3. The molecule has 1 aromatic heterocycles. The van der Waals surface area contributed by atoms with Crippen LogP contribution in [0, 0.1) is 0 Å². The highest BCUT2D eigenvalue weighted by Crippen LogP contribution is 2.14. The molecule has 0 unspecified atom stereocenters. The van der Waals surface area contributed by atoms with E-state index in [1.54, 1.807) is 6.21 Å². The van der Waals surface area contributed by atoms with Crippen molar-refractivity contribution in [3.8, 4) is 0 Å². The molecule has 1 aliphatic heterocycles. The van der Waals surface area contributed by atoms with Crippen LogP contribution in [0.4, 0.5) is 5.82 Å². The van der Waals surface area contributed by atoms with Gasteiger partial charge in [0.2, 0.25) is 0 Å². The fourth-order valence-corrected chi connectivity index (χ4v) is 2.09. The number of imide groups is 1.